The Hall–Kier alpha value is -0.830. The van der Waals surface area contributed by atoms with Gasteiger partial charge in [-0.05, 0) is 25.8 Å². The highest BCUT2D eigenvalue weighted by molar-refractivity contribution is 5.88. The summed E-state index contributed by atoms with van der Waals surface area (Å²) >= 11 is 0. The maximum Gasteiger partial charge on any atom is 0.334 e. The molecule has 0 aromatic carbocycles. The summed E-state index contributed by atoms with van der Waals surface area (Å²) in [7, 11) is 0. The molecule has 0 aliphatic carbocycles. The standard InChI is InChI=1S/C11H19NO2/c1-4-14-11(13)10(3)8-12-6-5-9(2)7-12/h9H,3-8H2,1-2H3. The number of likely N-dealkylation sites (tertiary alicyclic amines) is 1. The van der Waals surface area contributed by atoms with Crippen LogP contribution in [0.3, 0.4) is 0 Å². The molecule has 0 spiro atoms. The first-order valence-electron chi connectivity index (χ1n) is 5.20. The molecule has 1 fully saturated rings. The number of hydrogen-bond acceptors (Lipinski definition) is 3. The Bertz CT molecular complexity index is 225. The third kappa shape index (κ3) is 3.14. The van der Waals surface area contributed by atoms with Crippen LogP contribution in [-0.2, 0) is 9.53 Å². The van der Waals surface area contributed by atoms with Gasteiger partial charge in [0.1, 0.15) is 0 Å². The molecule has 3 heteroatoms. The van der Waals surface area contributed by atoms with Crippen LogP contribution in [0.1, 0.15) is 20.3 Å². The lowest BCUT2D eigenvalue weighted by Gasteiger charge is -2.15. The van der Waals surface area contributed by atoms with E-state index in [4.69, 9.17) is 4.74 Å². The highest BCUT2D eigenvalue weighted by atomic mass is 16.5. The van der Waals surface area contributed by atoms with Crippen molar-refractivity contribution in [2.75, 3.05) is 26.2 Å². The van der Waals surface area contributed by atoms with Gasteiger partial charge in [-0.1, -0.05) is 13.5 Å². The zero-order chi connectivity index (χ0) is 10.6. The summed E-state index contributed by atoms with van der Waals surface area (Å²) in [6, 6.07) is 0. The SMILES string of the molecule is C=C(CN1CCC(C)C1)C(=O)OCC. The average molecular weight is 197 g/mol. The number of esters is 1. The minimum Gasteiger partial charge on any atom is -0.463 e. The van der Waals surface area contributed by atoms with Crippen LogP contribution in [-0.4, -0.2) is 37.1 Å². The molecule has 14 heavy (non-hydrogen) atoms. The van der Waals surface area contributed by atoms with Gasteiger partial charge in [0.25, 0.3) is 0 Å². The van der Waals surface area contributed by atoms with Gasteiger partial charge in [-0.25, -0.2) is 4.79 Å². The van der Waals surface area contributed by atoms with E-state index in [-0.39, 0.29) is 5.97 Å². The van der Waals surface area contributed by atoms with E-state index in [2.05, 4.69) is 18.4 Å². The molecule has 0 aromatic rings. The van der Waals surface area contributed by atoms with Crippen LogP contribution in [0.15, 0.2) is 12.2 Å². The van der Waals surface area contributed by atoms with Gasteiger partial charge in [0.05, 0.1) is 6.61 Å². The Morgan fingerprint density at radius 3 is 2.86 bits per heavy atom. The summed E-state index contributed by atoms with van der Waals surface area (Å²) in [5, 5.41) is 0. The number of carbonyl (C=O) groups excluding carboxylic acids is 1. The fourth-order valence-corrected chi connectivity index (χ4v) is 1.74. The molecular weight excluding hydrogens is 178 g/mol. The topological polar surface area (TPSA) is 29.5 Å². The molecule has 0 N–H and O–H groups in total. The second-order valence-corrected chi connectivity index (χ2v) is 3.95. The summed E-state index contributed by atoms with van der Waals surface area (Å²) in [5.74, 6) is 0.483. The Morgan fingerprint density at radius 2 is 2.36 bits per heavy atom. The number of hydrogen-bond donors (Lipinski definition) is 0. The predicted octanol–water partition coefficient (Wildman–Crippen LogP) is 1.45. The molecular formula is C11H19NO2. The maximum absolute atomic E-state index is 11.3. The summed E-state index contributed by atoms with van der Waals surface area (Å²) in [4.78, 5) is 13.5. The zero-order valence-electron chi connectivity index (χ0n) is 9.08. The molecule has 1 atom stereocenters. The number of carbonyl (C=O) groups is 1. The lowest BCUT2D eigenvalue weighted by Crippen LogP contribution is -2.26. The third-order valence-electron chi connectivity index (χ3n) is 2.49. The van der Waals surface area contributed by atoms with Gasteiger partial charge in [0, 0.05) is 18.7 Å². The van der Waals surface area contributed by atoms with Crippen LogP contribution in [0.25, 0.3) is 0 Å². The summed E-state index contributed by atoms with van der Waals surface area (Å²) in [5.41, 5.74) is 0.570. The van der Waals surface area contributed by atoms with E-state index in [1.807, 2.05) is 6.92 Å². The van der Waals surface area contributed by atoms with Crippen LogP contribution in [0.4, 0.5) is 0 Å². The van der Waals surface area contributed by atoms with E-state index in [1.165, 1.54) is 6.42 Å². The van der Waals surface area contributed by atoms with Crippen molar-refractivity contribution in [1.82, 2.24) is 4.90 Å². The summed E-state index contributed by atoms with van der Waals surface area (Å²) in [6.45, 7) is 11.0. The molecule has 1 rings (SSSR count). The molecule has 1 heterocycles. The lowest BCUT2D eigenvalue weighted by molar-refractivity contribution is -0.138. The number of nitrogens with zero attached hydrogens (tertiary/aromatic N) is 1. The van der Waals surface area contributed by atoms with E-state index < -0.39 is 0 Å². The van der Waals surface area contributed by atoms with Gasteiger partial charge < -0.3 is 4.74 Å². The molecule has 0 amide bonds. The minimum absolute atomic E-state index is 0.257. The van der Waals surface area contributed by atoms with Crippen LogP contribution in [0.2, 0.25) is 0 Å². The van der Waals surface area contributed by atoms with Crippen molar-refractivity contribution in [1.29, 1.82) is 0 Å². The highest BCUT2D eigenvalue weighted by Gasteiger charge is 2.20. The van der Waals surface area contributed by atoms with E-state index in [0.29, 0.717) is 18.7 Å². The molecule has 1 unspecified atom stereocenters. The number of rotatable bonds is 4. The smallest absolute Gasteiger partial charge is 0.334 e. The maximum atomic E-state index is 11.3. The first kappa shape index (κ1) is 11.2. The molecule has 3 nitrogen and oxygen atoms in total. The van der Waals surface area contributed by atoms with Gasteiger partial charge in [-0.15, -0.1) is 0 Å². The van der Waals surface area contributed by atoms with Crippen LogP contribution < -0.4 is 0 Å². The van der Waals surface area contributed by atoms with E-state index in [1.54, 1.807) is 0 Å². The van der Waals surface area contributed by atoms with Crippen LogP contribution in [0.5, 0.6) is 0 Å². The second-order valence-electron chi connectivity index (χ2n) is 3.95. The monoisotopic (exact) mass is 197 g/mol. The van der Waals surface area contributed by atoms with Crippen molar-refractivity contribution < 1.29 is 9.53 Å². The largest absolute Gasteiger partial charge is 0.463 e. The van der Waals surface area contributed by atoms with Crippen molar-refractivity contribution in [3.8, 4) is 0 Å². The van der Waals surface area contributed by atoms with Gasteiger partial charge >= 0.3 is 5.97 Å². The third-order valence-corrected chi connectivity index (χ3v) is 2.49. The van der Waals surface area contributed by atoms with Crippen LogP contribution in [0, 0.1) is 5.92 Å². The lowest BCUT2D eigenvalue weighted by atomic mass is 10.2. The highest BCUT2D eigenvalue weighted by Crippen LogP contribution is 2.15. The van der Waals surface area contributed by atoms with Gasteiger partial charge in [0.15, 0.2) is 0 Å². The minimum atomic E-state index is -0.257. The fourth-order valence-electron chi connectivity index (χ4n) is 1.74. The summed E-state index contributed by atoms with van der Waals surface area (Å²) in [6.07, 6.45) is 1.22. The molecule has 0 bridgehead atoms. The Kier molecular flexibility index (Phi) is 4.14. The zero-order valence-corrected chi connectivity index (χ0v) is 9.08. The number of ether oxygens (including phenoxy) is 1. The van der Waals surface area contributed by atoms with Crippen molar-refractivity contribution in [2.24, 2.45) is 5.92 Å². The molecule has 80 valence electrons. The molecule has 0 radical (unpaired) electrons. The Labute approximate surface area is 85.7 Å². The van der Waals surface area contributed by atoms with E-state index in [9.17, 15) is 4.79 Å². The van der Waals surface area contributed by atoms with Crippen molar-refractivity contribution in [3.05, 3.63) is 12.2 Å². The Morgan fingerprint density at radius 1 is 1.64 bits per heavy atom. The fraction of sp³-hybridized carbons (Fsp3) is 0.727. The molecule has 0 aromatic heterocycles. The predicted molar refractivity (Wildman–Crippen MR) is 56.0 cm³/mol. The summed E-state index contributed by atoms with van der Waals surface area (Å²) < 4.78 is 4.88. The Balaban J connectivity index is 2.30. The van der Waals surface area contributed by atoms with Crippen molar-refractivity contribution >= 4 is 5.97 Å². The molecule has 0 saturated carbocycles. The van der Waals surface area contributed by atoms with Gasteiger partial charge in [-0.3, -0.25) is 4.90 Å². The first-order valence-corrected chi connectivity index (χ1v) is 5.20. The van der Waals surface area contributed by atoms with Gasteiger partial charge in [-0.2, -0.15) is 0 Å². The second kappa shape index (κ2) is 5.15. The quantitative estimate of drug-likeness (QED) is 0.504. The van der Waals surface area contributed by atoms with Crippen molar-refractivity contribution in [2.45, 2.75) is 20.3 Å². The van der Waals surface area contributed by atoms with Crippen molar-refractivity contribution in [3.63, 3.8) is 0 Å². The van der Waals surface area contributed by atoms with Crippen LogP contribution >= 0.6 is 0 Å². The van der Waals surface area contributed by atoms with E-state index in [0.717, 1.165) is 19.0 Å². The van der Waals surface area contributed by atoms with Gasteiger partial charge in [0.2, 0.25) is 0 Å². The molecule has 1 aliphatic rings. The average Bonchev–Trinajstić information content (AvgIpc) is 2.51. The molecule has 1 aliphatic heterocycles. The first-order chi connectivity index (χ1) is 6.63. The molecule has 1 saturated heterocycles. The normalized spacial score (nSPS) is 22.3. The van der Waals surface area contributed by atoms with E-state index >= 15 is 0 Å².